The Bertz CT molecular complexity index is 1030. The average Bonchev–Trinajstić information content (AvgIpc) is 2.73. The number of rotatable bonds is 4. The van der Waals surface area contributed by atoms with Gasteiger partial charge in [-0.3, -0.25) is 9.88 Å². The maximum atomic E-state index is 13.3. The van der Waals surface area contributed by atoms with E-state index in [1.807, 2.05) is 12.3 Å². The summed E-state index contributed by atoms with van der Waals surface area (Å²) in [5.41, 5.74) is 2.97. The molecule has 0 saturated carbocycles. The van der Waals surface area contributed by atoms with Crippen molar-refractivity contribution in [1.29, 1.82) is 0 Å². The van der Waals surface area contributed by atoms with Crippen LogP contribution in [0.2, 0.25) is 0 Å². The van der Waals surface area contributed by atoms with E-state index >= 15 is 0 Å². The van der Waals surface area contributed by atoms with Gasteiger partial charge in [0.05, 0.1) is 11.3 Å². The van der Waals surface area contributed by atoms with Gasteiger partial charge in [-0.1, -0.05) is 38.1 Å². The molecule has 0 saturated heterocycles. The zero-order valence-electron chi connectivity index (χ0n) is 16.9. The van der Waals surface area contributed by atoms with E-state index in [-0.39, 0.29) is 5.56 Å². The summed E-state index contributed by atoms with van der Waals surface area (Å²) in [5, 5.41) is 0. The first-order valence-corrected chi connectivity index (χ1v) is 10.00. The van der Waals surface area contributed by atoms with Crippen molar-refractivity contribution in [2.24, 2.45) is 0 Å². The van der Waals surface area contributed by atoms with Gasteiger partial charge in [-0.25, -0.2) is 9.97 Å². The highest BCUT2D eigenvalue weighted by Gasteiger charge is 2.33. The Balaban J connectivity index is 1.48. The van der Waals surface area contributed by atoms with Crippen molar-refractivity contribution >= 4 is 0 Å². The van der Waals surface area contributed by atoms with Crippen molar-refractivity contribution < 1.29 is 13.2 Å². The molecule has 0 N–H and O–H groups in total. The standard InChI is InChI=1S/C23H23F3N4/c1-15(2)22-28-12-17-14-30(10-9-20(17)29-22)13-16-7-8-21(27-11-16)18-5-3-4-6-19(18)23(24,25)26/h3-8,11-12,15H,9-10,13-14H2,1-2H3. The van der Waals surface area contributed by atoms with Gasteiger partial charge in [0.1, 0.15) is 5.82 Å². The number of fused-ring (bicyclic) bond motifs is 1. The van der Waals surface area contributed by atoms with Crippen molar-refractivity contribution in [1.82, 2.24) is 19.9 Å². The molecule has 4 rings (SSSR count). The van der Waals surface area contributed by atoms with E-state index in [1.54, 1.807) is 18.3 Å². The first-order chi connectivity index (χ1) is 14.3. The Labute approximate surface area is 173 Å². The second-order valence-corrected chi connectivity index (χ2v) is 7.91. The minimum absolute atomic E-state index is 0.0987. The normalized spacial score (nSPS) is 14.7. The Morgan fingerprint density at radius 2 is 1.83 bits per heavy atom. The molecule has 0 unspecified atom stereocenters. The van der Waals surface area contributed by atoms with E-state index in [0.717, 1.165) is 48.2 Å². The number of hydrogen-bond acceptors (Lipinski definition) is 4. The third-order valence-corrected chi connectivity index (χ3v) is 5.29. The highest BCUT2D eigenvalue weighted by molar-refractivity contribution is 5.64. The van der Waals surface area contributed by atoms with Crippen molar-refractivity contribution in [3.63, 3.8) is 0 Å². The molecular weight excluding hydrogens is 389 g/mol. The first kappa shape index (κ1) is 20.5. The Hall–Kier alpha value is -2.80. The first-order valence-electron chi connectivity index (χ1n) is 10.00. The van der Waals surface area contributed by atoms with E-state index in [2.05, 4.69) is 33.7 Å². The summed E-state index contributed by atoms with van der Waals surface area (Å²) in [6.07, 6.45) is 0.0350. The lowest BCUT2D eigenvalue weighted by Gasteiger charge is -2.28. The van der Waals surface area contributed by atoms with Crippen LogP contribution in [0.1, 0.15) is 48.0 Å². The molecular formula is C23H23F3N4. The maximum absolute atomic E-state index is 13.3. The second-order valence-electron chi connectivity index (χ2n) is 7.91. The molecule has 2 aromatic heterocycles. The molecule has 0 spiro atoms. The number of nitrogens with zero attached hydrogens (tertiary/aromatic N) is 4. The number of alkyl halides is 3. The van der Waals surface area contributed by atoms with Crippen LogP contribution in [0.3, 0.4) is 0 Å². The van der Waals surface area contributed by atoms with Crippen LogP contribution in [-0.2, 0) is 25.7 Å². The zero-order chi connectivity index (χ0) is 21.3. The van der Waals surface area contributed by atoms with Gasteiger partial charge in [-0.05, 0) is 17.7 Å². The summed E-state index contributed by atoms with van der Waals surface area (Å²) in [7, 11) is 0. The van der Waals surface area contributed by atoms with E-state index in [4.69, 9.17) is 0 Å². The van der Waals surface area contributed by atoms with Crippen molar-refractivity contribution in [2.75, 3.05) is 6.54 Å². The van der Waals surface area contributed by atoms with Gasteiger partial charge in [-0.2, -0.15) is 13.2 Å². The Morgan fingerprint density at radius 1 is 1.03 bits per heavy atom. The topological polar surface area (TPSA) is 41.9 Å². The van der Waals surface area contributed by atoms with Gasteiger partial charge in [0.15, 0.2) is 0 Å². The van der Waals surface area contributed by atoms with Crippen molar-refractivity contribution in [3.05, 3.63) is 77.0 Å². The summed E-state index contributed by atoms with van der Waals surface area (Å²) in [6, 6.07) is 9.04. The number of benzene rings is 1. The van der Waals surface area contributed by atoms with Crippen LogP contribution in [0.15, 0.2) is 48.8 Å². The second kappa shape index (κ2) is 8.14. The summed E-state index contributed by atoms with van der Waals surface area (Å²) in [6.45, 7) is 6.48. The molecule has 30 heavy (non-hydrogen) atoms. The highest BCUT2D eigenvalue weighted by atomic mass is 19.4. The minimum atomic E-state index is -4.41. The van der Waals surface area contributed by atoms with E-state index in [0.29, 0.717) is 18.2 Å². The van der Waals surface area contributed by atoms with Crippen LogP contribution < -0.4 is 0 Å². The van der Waals surface area contributed by atoms with Crippen LogP contribution in [0.25, 0.3) is 11.3 Å². The van der Waals surface area contributed by atoms with Crippen LogP contribution in [0, 0.1) is 0 Å². The minimum Gasteiger partial charge on any atom is -0.294 e. The molecule has 1 aliphatic rings. The SMILES string of the molecule is CC(C)c1ncc2c(n1)CCN(Cc1ccc(-c3ccccc3C(F)(F)F)nc1)C2. The fourth-order valence-electron chi connectivity index (χ4n) is 3.69. The van der Waals surface area contributed by atoms with E-state index in [9.17, 15) is 13.2 Å². The summed E-state index contributed by atoms with van der Waals surface area (Å²) < 4.78 is 39.8. The molecule has 0 bridgehead atoms. The largest absolute Gasteiger partial charge is 0.417 e. The molecule has 1 aromatic carbocycles. The quantitative estimate of drug-likeness (QED) is 0.588. The van der Waals surface area contributed by atoms with Gasteiger partial charge < -0.3 is 0 Å². The van der Waals surface area contributed by atoms with Crippen molar-refractivity contribution in [2.45, 2.75) is 45.5 Å². The molecule has 7 heteroatoms. The van der Waals surface area contributed by atoms with Crippen LogP contribution in [-0.4, -0.2) is 26.4 Å². The zero-order valence-corrected chi connectivity index (χ0v) is 16.9. The molecule has 0 radical (unpaired) electrons. The highest BCUT2D eigenvalue weighted by Crippen LogP contribution is 2.36. The van der Waals surface area contributed by atoms with Crippen LogP contribution >= 0.6 is 0 Å². The molecule has 0 amide bonds. The lowest BCUT2D eigenvalue weighted by Crippen LogP contribution is -2.31. The number of halogens is 3. The third-order valence-electron chi connectivity index (χ3n) is 5.29. The molecule has 3 heterocycles. The Morgan fingerprint density at radius 3 is 2.53 bits per heavy atom. The molecule has 0 fully saturated rings. The molecule has 0 atom stereocenters. The number of hydrogen-bond donors (Lipinski definition) is 0. The summed E-state index contributed by atoms with van der Waals surface area (Å²) in [4.78, 5) is 15.7. The molecule has 3 aromatic rings. The monoisotopic (exact) mass is 412 g/mol. The smallest absolute Gasteiger partial charge is 0.294 e. The fourth-order valence-corrected chi connectivity index (χ4v) is 3.69. The molecule has 156 valence electrons. The summed E-state index contributed by atoms with van der Waals surface area (Å²) in [5.74, 6) is 1.18. The van der Waals surface area contributed by atoms with Gasteiger partial charge in [0, 0.05) is 61.2 Å². The van der Waals surface area contributed by atoms with Crippen LogP contribution in [0.4, 0.5) is 13.2 Å². The third kappa shape index (κ3) is 4.36. The Kier molecular flexibility index (Phi) is 5.56. The lowest BCUT2D eigenvalue weighted by atomic mass is 10.0. The van der Waals surface area contributed by atoms with Gasteiger partial charge in [0.2, 0.25) is 0 Å². The predicted molar refractivity (Wildman–Crippen MR) is 109 cm³/mol. The van der Waals surface area contributed by atoms with E-state index < -0.39 is 11.7 Å². The van der Waals surface area contributed by atoms with Crippen molar-refractivity contribution in [3.8, 4) is 11.3 Å². The molecule has 1 aliphatic heterocycles. The average molecular weight is 412 g/mol. The lowest BCUT2D eigenvalue weighted by molar-refractivity contribution is -0.137. The van der Waals surface area contributed by atoms with Gasteiger partial charge >= 0.3 is 6.18 Å². The summed E-state index contributed by atoms with van der Waals surface area (Å²) >= 11 is 0. The molecule has 0 aliphatic carbocycles. The predicted octanol–water partition coefficient (Wildman–Crippen LogP) is 5.24. The molecule has 4 nitrogen and oxygen atoms in total. The van der Waals surface area contributed by atoms with Gasteiger partial charge in [-0.15, -0.1) is 0 Å². The number of aromatic nitrogens is 3. The maximum Gasteiger partial charge on any atom is 0.417 e. The van der Waals surface area contributed by atoms with E-state index in [1.165, 1.54) is 12.1 Å². The fraction of sp³-hybridized carbons (Fsp3) is 0.348. The van der Waals surface area contributed by atoms with Crippen LogP contribution in [0.5, 0.6) is 0 Å². The van der Waals surface area contributed by atoms with Gasteiger partial charge in [0.25, 0.3) is 0 Å². The number of pyridine rings is 1.